The number of allylic oxidation sites excluding steroid dienone is 4. The van der Waals surface area contributed by atoms with Crippen LogP contribution in [0.1, 0.15) is 11.4 Å². The van der Waals surface area contributed by atoms with Crippen LogP contribution in [0.4, 0.5) is 4.39 Å². The van der Waals surface area contributed by atoms with Gasteiger partial charge in [-0.1, -0.05) is 36.4 Å². The number of aromatic nitrogens is 2. The van der Waals surface area contributed by atoms with Gasteiger partial charge in [0.15, 0.2) is 5.67 Å². The minimum absolute atomic E-state index is 0.316. The lowest BCUT2D eigenvalue weighted by atomic mass is 9.74. The molecular weight excluding hydrogens is 281 g/mol. The second kappa shape index (κ2) is 5.49. The number of imidazole rings is 1. The first kappa shape index (κ1) is 14.1. The van der Waals surface area contributed by atoms with Crippen LogP contribution in [0.3, 0.4) is 0 Å². The number of nitrogens with zero attached hydrogens (tertiary/aromatic N) is 2. The Balaban J connectivity index is 2.24. The van der Waals surface area contributed by atoms with Crippen molar-refractivity contribution < 1.29 is 9.13 Å². The van der Waals surface area contributed by atoms with Crippen LogP contribution in [0.5, 0.6) is 5.75 Å². The summed E-state index contributed by atoms with van der Waals surface area (Å²) in [6.07, 6.45) is 8.05. The number of aromatic amines is 1. The summed E-state index contributed by atoms with van der Waals surface area (Å²) in [4.78, 5) is 7.05. The maximum atomic E-state index is 16.2. The quantitative estimate of drug-likeness (QED) is 0.944. The Morgan fingerprint density at radius 3 is 2.91 bits per heavy atom. The Morgan fingerprint density at radius 1 is 1.41 bits per heavy atom. The third-order valence-electron chi connectivity index (χ3n) is 3.78. The number of hydrogen-bond acceptors (Lipinski definition) is 3. The monoisotopic (exact) mass is 295 g/mol. The number of H-pyrrole nitrogens is 1. The van der Waals surface area contributed by atoms with Gasteiger partial charge in [0.2, 0.25) is 0 Å². The van der Waals surface area contributed by atoms with E-state index in [9.17, 15) is 5.26 Å². The highest BCUT2D eigenvalue weighted by Gasteiger charge is 2.48. The van der Waals surface area contributed by atoms with Crippen LogP contribution in [0.15, 0.2) is 54.9 Å². The maximum Gasteiger partial charge on any atom is 0.187 e. The van der Waals surface area contributed by atoms with Gasteiger partial charge >= 0.3 is 0 Å². The van der Waals surface area contributed by atoms with Gasteiger partial charge in [0.25, 0.3) is 0 Å². The highest BCUT2D eigenvalue weighted by Crippen LogP contribution is 2.50. The molecule has 1 aromatic heterocycles. The SMILES string of the molecule is COc1ccccc1C1(F)C(c2ncc[nH]2)=CC=CC1C#N. The van der Waals surface area contributed by atoms with E-state index in [1.54, 1.807) is 54.9 Å². The number of halogens is 1. The van der Waals surface area contributed by atoms with Crippen molar-refractivity contribution in [3.05, 3.63) is 66.3 Å². The fourth-order valence-corrected chi connectivity index (χ4v) is 2.74. The molecule has 1 aliphatic carbocycles. The van der Waals surface area contributed by atoms with Crippen LogP contribution in [0.25, 0.3) is 5.57 Å². The largest absolute Gasteiger partial charge is 0.496 e. The van der Waals surface area contributed by atoms with Crippen LogP contribution in [-0.4, -0.2) is 17.1 Å². The number of nitriles is 1. The van der Waals surface area contributed by atoms with Gasteiger partial charge in [0.1, 0.15) is 17.5 Å². The molecular formula is C17H14FN3O. The van der Waals surface area contributed by atoms with E-state index in [2.05, 4.69) is 9.97 Å². The Kier molecular flexibility index (Phi) is 3.51. The number of para-hydroxylation sites is 1. The number of alkyl halides is 1. The van der Waals surface area contributed by atoms with Crippen LogP contribution >= 0.6 is 0 Å². The summed E-state index contributed by atoms with van der Waals surface area (Å²) in [6.45, 7) is 0. The fraction of sp³-hybridized carbons (Fsp3) is 0.176. The molecule has 22 heavy (non-hydrogen) atoms. The lowest BCUT2D eigenvalue weighted by Gasteiger charge is -2.33. The predicted molar refractivity (Wildman–Crippen MR) is 80.6 cm³/mol. The van der Waals surface area contributed by atoms with Gasteiger partial charge in [-0.05, 0) is 6.07 Å². The topological polar surface area (TPSA) is 61.7 Å². The highest BCUT2D eigenvalue weighted by atomic mass is 19.1. The maximum absolute atomic E-state index is 16.2. The lowest BCUT2D eigenvalue weighted by molar-refractivity contribution is 0.202. The Morgan fingerprint density at radius 2 is 2.23 bits per heavy atom. The number of ether oxygens (including phenoxy) is 1. The number of nitrogens with one attached hydrogen (secondary N) is 1. The molecule has 0 bridgehead atoms. The standard InChI is InChI=1S/C17H14FN3O/c1-22-15-8-3-2-6-13(15)17(18)12(11-19)5-4-7-14(17)16-20-9-10-21-16/h2-10,12H,1H3,(H,20,21). The van der Waals surface area contributed by atoms with E-state index in [-0.39, 0.29) is 0 Å². The second-order valence-electron chi connectivity index (χ2n) is 4.92. The Labute approximate surface area is 127 Å². The van der Waals surface area contributed by atoms with Crippen LogP contribution in [-0.2, 0) is 5.67 Å². The number of methoxy groups -OCH3 is 1. The van der Waals surface area contributed by atoms with E-state index in [0.29, 0.717) is 22.7 Å². The summed E-state index contributed by atoms with van der Waals surface area (Å²) < 4.78 is 21.5. The first-order valence-corrected chi connectivity index (χ1v) is 6.82. The Bertz CT molecular complexity index is 773. The molecule has 1 heterocycles. The van der Waals surface area contributed by atoms with Crippen molar-refractivity contribution in [1.82, 2.24) is 9.97 Å². The molecule has 2 unspecified atom stereocenters. The summed E-state index contributed by atoms with van der Waals surface area (Å²) in [5.74, 6) is -0.162. The smallest absolute Gasteiger partial charge is 0.187 e. The molecule has 0 saturated carbocycles. The van der Waals surface area contributed by atoms with Crippen molar-refractivity contribution in [2.75, 3.05) is 7.11 Å². The van der Waals surface area contributed by atoms with Gasteiger partial charge in [-0.2, -0.15) is 5.26 Å². The molecule has 3 rings (SSSR count). The molecule has 4 nitrogen and oxygen atoms in total. The molecule has 0 aliphatic heterocycles. The van der Waals surface area contributed by atoms with Gasteiger partial charge in [0.05, 0.1) is 13.2 Å². The first-order chi connectivity index (χ1) is 10.7. The zero-order valence-corrected chi connectivity index (χ0v) is 12.0. The zero-order valence-electron chi connectivity index (χ0n) is 12.0. The molecule has 0 fully saturated rings. The van der Waals surface area contributed by atoms with Crippen LogP contribution in [0, 0.1) is 17.2 Å². The summed E-state index contributed by atoms with van der Waals surface area (Å²) in [5, 5.41) is 9.43. The lowest BCUT2D eigenvalue weighted by Crippen LogP contribution is -2.32. The third-order valence-corrected chi connectivity index (χ3v) is 3.78. The average molecular weight is 295 g/mol. The number of hydrogen-bond donors (Lipinski definition) is 1. The molecule has 0 spiro atoms. The van der Waals surface area contributed by atoms with Gasteiger partial charge in [0, 0.05) is 23.5 Å². The van der Waals surface area contributed by atoms with E-state index < -0.39 is 11.6 Å². The predicted octanol–water partition coefficient (Wildman–Crippen LogP) is 3.38. The third kappa shape index (κ3) is 2.01. The second-order valence-corrected chi connectivity index (χ2v) is 4.92. The van der Waals surface area contributed by atoms with Crippen molar-refractivity contribution in [3.63, 3.8) is 0 Å². The minimum Gasteiger partial charge on any atom is -0.496 e. The van der Waals surface area contributed by atoms with Crippen molar-refractivity contribution in [2.45, 2.75) is 5.67 Å². The van der Waals surface area contributed by atoms with Gasteiger partial charge in [-0.15, -0.1) is 0 Å². The van der Waals surface area contributed by atoms with Gasteiger partial charge in [-0.3, -0.25) is 0 Å². The molecule has 0 saturated heterocycles. The summed E-state index contributed by atoms with van der Waals surface area (Å²) >= 11 is 0. The van der Waals surface area contributed by atoms with Crippen molar-refractivity contribution in [3.8, 4) is 11.8 Å². The van der Waals surface area contributed by atoms with Gasteiger partial charge in [-0.25, -0.2) is 9.37 Å². The minimum atomic E-state index is -2.03. The van der Waals surface area contributed by atoms with Crippen molar-refractivity contribution in [1.29, 1.82) is 5.26 Å². The van der Waals surface area contributed by atoms with E-state index in [1.807, 2.05) is 6.07 Å². The molecule has 2 atom stereocenters. The van der Waals surface area contributed by atoms with Crippen LogP contribution < -0.4 is 4.74 Å². The highest BCUT2D eigenvalue weighted by molar-refractivity contribution is 5.75. The Hall–Kier alpha value is -2.87. The van der Waals surface area contributed by atoms with Gasteiger partial charge < -0.3 is 9.72 Å². The molecule has 0 amide bonds. The zero-order chi connectivity index (χ0) is 15.6. The molecule has 110 valence electrons. The number of benzene rings is 1. The first-order valence-electron chi connectivity index (χ1n) is 6.82. The summed E-state index contributed by atoms with van der Waals surface area (Å²) in [6, 6.07) is 8.85. The molecule has 1 aliphatic rings. The normalized spacial score (nSPS) is 23.7. The van der Waals surface area contributed by atoms with E-state index in [0.717, 1.165) is 0 Å². The molecule has 2 aromatic rings. The molecule has 5 heteroatoms. The van der Waals surface area contributed by atoms with Crippen molar-refractivity contribution in [2.24, 2.45) is 5.92 Å². The van der Waals surface area contributed by atoms with Crippen molar-refractivity contribution >= 4 is 5.57 Å². The number of rotatable bonds is 3. The fourth-order valence-electron chi connectivity index (χ4n) is 2.74. The summed E-state index contributed by atoms with van der Waals surface area (Å²) in [5.41, 5.74) is -1.40. The van der Waals surface area contributed by atoms with Crippen LogP contribution in [0.2, 0.25) is 0 Å². The average Bonchev–Trinajstić information content (AvgIpc) is 3.09. The van der Waals surface area contributed by atoms with E-state index in [1.165, 1.54) is 7.11 Å². The molecule has 1 aromatic carbocycles. The molecule has 1 N–H and O–H groups in total. The van der Waals surface area contributed by atoms with E-state index in [4.69, 9.17) is 4.74 Å². The summed E-state index contributed by atoms with van der Waals surface area (Å²) in [7, 11) is 1.48. The molecule has 0 radical (unpaired) electrons. The van der Waals surface area contributed by atoms with E-state index >= 15 is 4.39 Å².